The zero-order valence-corrected chi connectivity index (χ0v) is 8.46. The first-order chi connectivity index (χ1) is 6.33. The summed E-state index contributed by atoms with van der Waals surface area (Å²) in [6.45, 7) is 5.23. The molecule has 1 fully saturated rings. The van der Waals surface area contributed by atoms with E-state index < -0.39 is 0 Å². The summed E-state index contributed by atoms with van der Waals surface area (Å²) in [5, 5.41) is 12.3. The van der Waals surface area contributed by atoms with Gasteiger partial charge in [-0.1, -0.05) is 6.92 Å². The maximum absolute atomic E-state index is 8.81. The second-order valence-corrected chi connectivity index (χ2v) is 3.94. The van der Waals surface area contributed by atoms with Crippen LogP contribution in [0.3, 0.4) is 0 Å². The van der Waals surface area contributed by atoms with E-state index in [1.54, 1.807) is 0 Å². The van der Waals surface area contributed by atoms with E-state index in [0.29, 0.717) is 18.6 Å². The second-order valence-electron chi connectivity index (χ2n) is 3.94. The highest BCUT2D eigenvalue weighted by atomic mass is 16.5. The maximum Gasteiger partial charge on any atom is 0.0620 e. The van der Waals surface area contributed by atoms with Crippen molar-refractivity contribution in [3.63, 3.8) is 0 Å². The molecule has 1 heterocycles. The third-order valence-electron chi connectivity index (χ3n) is 2.55. The number of nitrogens with one attached hydrogen (secondary N) is 1. The van der Waals surface area contributed by atoms with Gasteiger partial charge in [-0.3, -0.25) is 0 Å². The molecule has 1 aliphatic rings. The molecule has 78 valence electrons. The van der Waals surface area contributed by atoms with Crippen molar-refractivity contribution in [1.29, 1.82) is 0 Å². The lowest BCUT2D eigenvalue weighted by Crippen LogP contribution is -2.30. The van der Waals surface area contributed by atoms with Crippen LogP contribution in [0.4, 0.5) is 0 Å². The Balaban J connectivity index is 1.88. The van der Waals surface area contributed by atoms with Gasteiger partial charge in [-0.2, -0.15) is 0 Å². The van der Waals surface area contributed by atoms with E-state index in [1.807, 2.05) is 0 Å². The smallest absolute Gasteiger partial charge is 0.0620 e. The van der Waals surface area contributed by atoms with Crippen LogP contribution in [0, 0.1) is 5.92 Å². The summed E-state index contributed by atoms with van der Waals surface area (Å²) >= 11 is 0. The minimum Gasteiger partial charge on any atom is -0.396 e. The standard InChI is InChI=1S/C10H21NO2/c1-9(7-12)3-2-5-11-10-4-6-13-8-10/h9-12H,2-8H2,1H3. The van der Waals surface area contributed by atoms with Crippen molar-refractivity contribution in [3.05, 3.63) is 0 Å². The largest absolute Gasteiger partial charge is 0.396 e. The molecule has 0 radical (unpaired) electrons. The van der Waals surface area contributed by atoms with E-state index in [2.05, 4.69) is 12.2 Å². The van der Waals surface area contributed by atoms with Gasteiger partial charge in [0.05, 0.1) is 6.61 Å². The van der Waals surface area contributed by atoms with Crippen molar-refractivity contribution >= 4 is 0 Å². The predicted octanol–water partition coefficient (Wildman–Crippen LogP) is 0.773. The van der Waals surface area contributed by atoms with Gasteiger partial charge in [0.1, 0.15) is 0 Å². The van der Waals surface area contributed by atoms with Gasteiger partial charge in [-0.15, -0.1) is 0 Å². The molecule has 3 nitrogen and oxygen atoms in total. The molecule has 0 saturated carbocycles. The van der Waals surface area contributed by atoms with Crippen LogP contribution in [0.5, 0.6) is 0 Å². The van der Waals surface area contributed by atoms with Crippen molar-refractivity contribution in [1.82, 2.24) is 5.32 Å². The van der Waals surface area contributed by atoms with Gasteiger partial charge in [0.15, 0.2) is 0 Å². The normalized spacial score (nSPS) is 24.9. The minimum atomic E-state index is 0.312. The molecular weight excluding hydrogens is 166 g/mol. The molecular formula is C10H21NO2. The monoisotopic (exact) mass is 187 g/mol. The minimum absolute atomic E-state index is 0.312. The lowest BCUT2D eigenvalue weighted by atomic mass is 10.1. The molecule has 3 heteroatoms. The Kier molecular flexibility index (Phi) is 5.35. The van der Waals surface area contributed by atoms with Gasteiger partial charge in [-0.05, 0) is 31.7 Å². The predicted molar refractivity (Wildman–Crippen MR) is 52.7 cm³/mol. The van der Waals surface area contributed by atoms with Crippen LogP contribution >= 0.6 is 0 Å². The van der Waals surface area contributed by atoms with Crippen molar-refractivity contribution < 1.29 is 9.84 Å². The molecule has 0 bridgehead atoms. The highest BCUT2D eigenvalue weighted by Crippen LogP contribution is 2.05. The molecule has 0 aromatic rings. The topological polar surface area (TPSA) is 41.5 Å². The number of aliphatic hydroxyl groups is 1. The summed E-state index contributed by atoms with van der Waals surface area (Å²) in [6, 6.07) is 0.574. The lowest BCUT2D eigenvalue weighted by Gasteiger charge is -2.11. The third kappa shape index (κ3) is 4.60. The zero-order chi connectivity index (χ0) is 9.52. The molecule has 0 aromatic carbocycles. The zero-order valence-electron chi connectivity index (χ0n) is 8.46. The van der Waals surface area contributed by atoms with Crippen molar-refractivity contribution in [2.75, 3.05) is 26.4 Å². The Bertz CT molecular complexity index is 124. The molecule has 0 aromatic heterocycles. The van der Waals surface area contributed by atoms with Crippen LogP contribution in [-0.4, -0.2) is 37.5 Å². The first-order valence-electron chi connectivity index (χ1n) is 5.25. The first-order valence-corrected chi connectivity index (χ1v) is 5.25. The number of rotatable bonds is 6. The van der Waals surface area contributed by atoms with Crippen LogP contribution in [0.2, 0.25) is 0 Å². The van der Waals surface area contributed by atoms with Gasteiger partial charge in [0.2, 0.25) is 0 Å². The van der Waals surface area contributed by atoms with Crippen molar-refractivity contribution in [2.45, 2.75) is 32.2 Å². The van der Waals surface area contributed by atoms with Crippen molar-refractivity contribution in [2.24, 2.45) is 5.92 Å². The Morgan fingerprint density at radius 3 is 3.08 bits per heavy atom. The first kappa shape index (κ1) is 11.0. The number of hydrogen-bond acceptors (Lipinski definition) is 3. The van der Waals surface area contributed by atoms with Crippen LogP contribution in [0.25, 0.3) is 0 Å². The van der Waals surface area contributed by atoms with Crippen LogP contribution in [-0.2, 0) is 4.74 Å². The fourth-order valence-corrected chi connectivity index (χ4v) is 1.54. The average Bonchev–Trinajstić information content (AvgIpc) is 2.64. The van der Waals surface area contributed by atoms with Gasteiger partial charge in [-0.25, -0.2) is 0 Å². The summed E-state index contributed by atoms with van der Waals surface area (Å²) in [5.41, 5.74) is 0. The highest BCUT2D eigenvalue weighted by molar-refractivity contribution is 4.70. The molecule has 1 saturated heterocycles. The molecule has 2 atom stereocenters. The summed E-state index contributed by atoms with van der Waals surface area (Å²) in [7, 11) is 0. The molecule has 1 rings (SSSR count). The molecule has 0 amide bonds. The van der Waals surface area contributed by atoms with Gasteiger partial charge in [0.25, 0.3) is 0 Å². The fourth-order valence-electron chi connectivity index (χ4n) is 1.54. The highest BCUT2D eigenvalue weighted by Gasteiger charge is 2.13. The number of ether oxygens (including phenoxy) is 1. The summed E-state index contributed by atoms with van der Waals surface area (Å²) in [5.74, 6) is 0.446. The van der Waals surface area contributed by atoms with E-state index in [4.69, 9.17) is 9.84 Å². The molecule has 0 spiro atoms. The summed E-state index contributed by atoms with van der Waals surface area (Å²) < 4.78 is 5.25. The van der Waals surface area contributed by atoms with Crippen LogP contribution < -0.4 is 5.32 Å². The molecule has 1 aliphatic heterocycles. The van der Waals surface area contributed by atoms with E-state index in [-0.39, 0.29) is 0 Å². The Hall–Kier alpha value is -0.120. The summed E-state index contributed by atoms with van der Waals surface area (Å²) in [6.07, 6.45) is 3.41. The summed E-state index contributed by atoms with van der Waals surface area (Å²) in [4.78, 5) is 0. The Morgan fingerprint density at radius 2 is 2.46 bits per heavy atom. The second kappa shape index (κ2) is 6.35. The molecule has 13 heavy (non-hydrogen) atoms. The Labute approximate surface area is 80.5 Å². The van der Waals surface area contributed by atoms with Crippen LogP contribution in [0.1, 0.15) is 26.2 Å². The van der Waals surface area contributed by atoms with E-state index in [1.165, 1.54) is 0 Å². The van der Waals surface area contributed by atoms with Crippen LogP contribution in [0.15, 0.2) is 0 Å². The SMILES string of the molecule is CC(CO)CCCNC1CCOC1. The van der Waals surface area contributed by atoms with Crippen molar-refractivity contribution in [3.8, 4) is 0 Å². The van der Waals surface area contributed by atoms with E-state index in [0.717, 1.165) is 39.0 Å². The molecule has 0 aliphatic carbocycles. The van der Waals surface area contributed by atoms with Gasteiger partial charge in [0, 0.05) is 19.3 Å². The quantitative estimate of drug-likeness (QED) is 0.604. The lowest BCUT2D eigenvalue weighted by molar-refractivity contribution is 0.189. The van der Waals surface area contributed by atoms with Gasteiger partial charge < -0.3 is 15.2 Å². The van der Waals surface area contributed by atoms with E-state index in [9.17, 15) is 0 Å². The van der Waals surface area contributed by atoms with E-state index >= 15 is 0 Å². The Morgan fingerprint density at radius 1 is 1.62 bits per heavy atom. The third-order valence-corrected chi connectivity index (χ3v) is 2.55. The fraction of sp³-hybridized carbons (Fsp3) is 1.00. The molecule has 2 unspecified atom stereocenters. The number of hydrogen-bond donors (Lipinski definition) is 2. The average molecular weight is 187 g/mol. The number of aliphatic hydroxyl groups excluding tert-OH is 1. The van der Waals surface area contributed by atoms with Gasteiger partial charge >= 0.3 is 0 Å². The molecule has 2 N–H and O–H groups in total. The maximum atomic E-state index is 8.81.